The highest BCUT2D eigenvalue weighted by molar-refractivity contribution is 6.32. The van der Waals surface area contributed by atoms with Gasteiger partial charge in [0.2, 0.25) is 0 Å². The lowest BCUT2D eigenvalue weighted by Crippen LogP contribution is -2.43. The summed E-state index contributed by atoms with van der Waals surface area (Å²) in [5.74, 6) is -0.334. The van der Waals surface area contributed by atoms with Crippen molar-refractivity contribution in [3.05, 3.63) is 52.8 Å². The van der Waals surface area contributed by atoms with Gasteiger partial charge in [-0.05, 0) is 37.3 Å². The minimum atomic E-state index is -0.479. The predicted octanol–water partition coefficient (Wildman–Crippen LogP) is 3.86. The standard InChI is InChI=1S/C19H20ClFN2O3/c1-2-25-19(24)15-5-4-14(23-9-7-22-8-10-23)12-18(15)26-17-6-3-13(21)11-16(17)20/h3-6,11-12,22H,2,7-10H2,1H3. The summed E-state index contributed by atoms with van der Waals surface area (Å²) in [7, 11) is 0. The minimum Gasteiger partial charge on any atom is -0.462 e. The lowest BCUT2D eigenvalue weighted by Gasteiger charge is -2.30. The zero-order chi connectivity index (χ0) is 18.5. The van der Waals surface area contributed by atoms with Crippen LogP contribution in [-0.2, 0) is 4.74 Å². The molecule has 7 heteroatoms. The number of halogens is 2. The Morgan fingerprint density at radius 3 is 2.65 bits per heavy atom. The number of nitrogens with one attached hydrogen (secondary N) is 1. The highest BCUT2D eigenvalue weighted by atomic mass is 35.5. The number of benzene rings is 2. The monoisotopic (exact) mass is 378 g/mol. The lowest BCUT2D eigenvalue weighted by molar-refractivity contribution is 0.0523. The molecule has 1 N–H and O–H groups in total. The molecule has 0 bridgehead atoms. The Hall–Kier alpha value is -2.31. The van der Waals surface area contributed by atoms with E-state index in [1.807, 2.05) is 6.07 Å². The van der Waals surface area contributed by atoms with E-state index in [4.69, 9.17) is 21.1 Å². The molecule has 2 aromatic rings. The van der Waals surface area contributed by atoms with Crippen molar-refractivity contribution in [3.63, 3.8) is 0 Å². The van der Waals surface area contributed by atoms with E-state index in [0.717, 1.165) is 31.9 Å². The first-order valence-electron chi connectivity index (χ1n) is 8.48. The molecule has 1 heterocycles. The SMILES string of the molecule is CCOC(=O)c1ccc(N2CCNCC2)cc1Oc1ccc(F)cc1Cl. The van der Waals surface area contributed by atoms with Crippen LogP contribution in [0.1, 0.15) is 17.3 Å². The predicted molar refractivity (Wildman–Crippen MR) is 99.0 cm³/mol. The van der Waals surface area contributed by atoms with Crippen molar-refractivity contribution in [1.29, 1.82) is 0 Å². The first-order valence-corrected chi connectivity index (χ1v) is 8.86. The van der Waals surface area contributed by atoms with Gasteiger partial charge in [-0.3, -0.25) is 0 Å². The van der Waals surface area contributed by atoms with Gasteiger partial charge < -0.3 is 19.7 Å². The second kappa shape index (κ2) is 8.38. The number of hydrogen-bond donors (Lipinski definition) is 1. The van der Waals surface area contributed by atoms with Crippen LogP contribution in [0, 0.1) is 5.82 Å². The molecule has 1 saturated heterocycles. The van der Waals surface area contributed by atoms with E-state index in [1.54, 1.807) is 19.1 Å². The van der Waals surface area contributed by atoms with E-state index >= 15 is 0 Å². The number of hydrogen-bond acceptors (Lipinski definition) is 5. The van der Waals surface area contributed by atoms with Crippen molar-refractivity contribution in [1.82, 2.24) is 5.32 Å². The van der Waals surface area contributed by atoms with Crippen LogP contribution in [0.4, 0.5) is 10.1 Å². The summed E-state index contributed by atoms with van der Waals surface area (Å²) >= 11 is 6.06. The molecule has 0 amide bonds. The number of carbonyl (C=O) groups excluding carboxylic acids is 1. The van der Waals surface area contributed by atoms with Crippen molar-refractivity contribution in [2.75, 3.05) is 37.7 Å². The summed E-state index contributed by atoms with van der Waals surface area (Å²) < 4.78 is 24.2. The van der Waals surface area contributed by atoms with Gasteiger partial charge in [-0.1, -0.05) is 11.6 Å². The fourth-order valence-corrected chi connectivity index (χ4v) is 2.97. The Bertz CT molecular complexity index is 794. The smallest absolute Gasteiger partial charge is 0.341 e. The van der Waals surface area contributed by atoms with Gasteiger partial charge in [0.1, 0.15) is 22.9 Å². The molecule has 1 aliphatic heterocycles. The van der Waals surface area contributed by atoms with E-state index in [-0.39, 0.29) is 17.4 Å². The van der Waals surface area contributed by atoms with Gasteiger partial charge in [-0.15, -0.1) is 0 Å². The van der Waals surface area contributed by atoms with Crippen LogP contribution in [0.2, 0.25) is 5.02 Å². The molecule has 3 rings (SSSR count). The topological polar surface area (TPSA) is 50.8 Å². The van der Waals surface area contributed by atoms with Gasteiger partial charge >= 0.3 is 5.97 Å². The Morgan fingerprint density at radius 2 is 1.96 bits per heavy atom. The Kier molecular flexibility index (Phi) is 5.96. The average Bonchev–Trinajstić information content (AvgIpc) is 2.65. The molecule has 138 valence electrons. The van der Waals surface area contributed by atoms with Gasteiger partial charge in [0.05, 0.1) is 11.6 Å². The highest BCUT2D eigenvalue weighted by Crippen LogP contribution is 2.34. The number of piperazine rings is 1. The van der Waals surface area contributed by atoms with Gasteiger partial charge in [0, 0.05) is 37.9 Å². The summed E-state index contributed by atoms with van der Waals surface area (Å²) in [5.41, 5.74) is 1.24. The van der Waals surface area contributed by atoms with Crippen LogP contribution >= 0.6 is 11.6 Å². The number of rotatable bonds is 5. The molecule has 2 aromatic carbocycles. The van der Waals surface area contributed by atoms with Crippen molar-refractivity contribution in [3.8, 4) is 11.5 Å². The Labute approximate surface area is 156 Å². The van der Waals surface area contributed by atoms with Crippen molar-refractivity contribution >= 4 is 23.3 Å². The van der Waals surface area contributed by atoms with Crippen LogP contribution in [0.3, 0.4) is 0 Å². The maximum Gasteiger partial charge on any atom is 0.341 e. The van der Waals surface area contributed by atoms with Crippen LogP contribution in [0.25, 0.3) is 0 Å². The zero-order valence-corrected chi connectivity index (χ0v) is 15.2. The largest absolute Gasteiger partial charge is 0.462 e. The molecule has 0 radical (unpaired) electrons. The maximum absolute atomic E-state index is 13.3. The normalized spacial score (nSPS) is 14.2. The third-order valence-electron chi connectivity index (χ3n) is 4.06. The number of anilines is 1. The molecule has 26 heavy (non-hydrogen) atoms. The zero-order valence-electron chi connectivity index (χ0n) is 14.4. The van der Waals surface area contributed by atoms with E-state index < -0.39 is 11.8 Å². The van der Waals surface area contributed by atoms with Gasteiger partial charge in [0.15, 0.2) is 0 Å². The molecule has 5 nitrogen and oxygen atoms in total. The second-order valence-corrected chi connectivity index (χ2v) is 6.22. The molecule has 0 aromatic heterocycles. The molecule has 1 fully saturated rings. The van der Waals surface area contributed by atoms with Crippen LogP contribution < -0.4 is 15.0 Å². The molecule has 0 spiro atoms. The van der Waals surface area contributed by atoms with Crippen LogP contribution in [0.5, 0.6) is 11.5 Å². The Morgan fingerprint density at radius 1 is 1.19 bits per heavy atom. The van der Waals surface area contributed by atoms with Crippen LogP contribution in [0.15, 0.2) is 36.4 Å². The van der Waals surface area contributed by atoms with E-state index in [9.17, 15) is 9.18 Å². The number of carbonyl (C=O) groups is 1. The van der Waals surface area contributed by atoms with Gasteiger partial charge in [-0.2, -0.15) is 0 Å². The number of ether oxygens (including phenoxy) is 2. The molecule has 0 aliphatic carbocycles. The van der Waals surface area contributed by atoms with Crippen molar-refractivity contribution < 1.29 is 18.7 Å². The summed E-state index contributed by atoms with van der Waals surface area (Å²) in [6.45, 7) is 5.49. The molecular weight excluding hydrogens is 359 g/mol. The first-order chi connectivity index (χ1) is 12.6. The average molecular weight is 379 g/mol. The first kappa shape index (κ1) is 18.5. The summed E-state index contributed by atoms with van der Waals surface area (Å²) in [5, 5.41) is 3.43. The maximum atomic E-state index is 13.3. The van der Waals surface area contributed by atoms with Gasteiger partial charge in [-0.25, -0.2) is 9.18 Å². The molecular formula is C19H20ClFN2O3. The fraction of sp³-hybridized carbons (Fsp3) is 0.316. The molecule has 0 atom stereocenters. The molecule has 0 saturated carbocycles. The fourth-order valence-electron chi connectivity index (χ4n) is 2.77. The summed E-state index contributed by atoms with van der Waals surface area (Å²) in [6, 6.07) is 9.20. The Balaban J connectivity index is 1.95. The number of esters is 1. The van der Waals surface area contributed by atoms with E-state index in [2.05, 4.69) is 10.2 Å². The lowest BCUT2D eigenvalue weighted by atomic mass is 10.1. The van der Waals surface area contributed by atoms with Crippen LogP contribution in [-0.4, -0.2) is 38.8 Å². The van der Waals surface area contributed by atoms with E-state index in [1.165, 1.54) is 18.2 Å². The van der Waals surface area contributed by atoms with E-state index in [0.29, 0.717) is 11.3 Å². The molecule has 1 aliphatic rings. The summed E-state index contributed by atoms with van der Waals surface area (Å²) in [6.07, 6.45) is 0. The van der Waals surface area contributed by atoms with Crippen molar-refractivity contribution in [2.24, 2.45) is 0 Å². The third-order valence-corrected chi connectivity index (χ3v) is 4.35. The molecule has 0 unspecified atom stereocenters. The minimum absolute atomic E-state index is 0.132. The van der Waals surface area contributed by atoms with Gasteiger partial charge in [0.25, 0.3) is 0 Å². The highest BCUT2D eigenvalue weighted by Gasteiger charge is 2.19. The second-order valence-electron chi connectivity index (χ2n) is 5.81. The van der Waals surface area contributed by atoms with Crippen molar-refractivity contribution in [2.45, 2.75) is 6.92 Å². The number of nitrogens with zero attached hydrogens (tertiary/aromatic N) is 1. The summed E-state index contributed by atoms with van der Waals surface area (Å²) in [4.78, 5) is 14.5. The third kappa shape index (κ3) is 4.26. The quantitative estimate of drug-likeness (QED) is 0.801.